The summed E-state index contributed by atoms with van der Waals surface area (Å²) in [7, 11) is 0. The summed E-state index contributed by atoms with van der Waals surface area (Å²) in [6, 6.07) is 1.45. The van der Waals surface area contributed by atoms with Gasteiger partial charge in [-0.1, -0.05) is 0 Å². The van der Waals surface area contributed by atoms with Gasteiger partial charge in [0.15, 0.2) is 5.82 Å². The third-order valence-electron chi connectivity index (χ3n) is 2.49. The number of rotatable bonds is 4. The minimum absolute atomic E-state index is 0.146. The van der Waals surface area contributed by atoms with Crippen molar-refractivity contribution in [1.82, 2.24) is 25.1 Å². The van der Waals surface area contributed by atoms with Crippen LogP contribution in [0.3, 0.4) is 0 Å². The first-order chi connectivity index (χ1) is 8.72. The molecule has 18 heavy (non-hydrogen) atoms. The zero-order chi connectivity index (χ0) is 13.0. The van der Waals surface area contributed by atoms with Crippen LogP contribution in [0.15, 0.2) is 24.8 Å². The van der Waals surface area contributed by atoms with Gasteiger partial charge in [-0.3, -0.25) is 9.78 Å². The maximum Gasteiger partial charge on any atom is 0.255 e. The van der Waals surface area contributed by atoms with Gasteiger partial charge < -0.3 is 15.0 Å². The Kier molecular flexibility index (Phi) is 3.52. The number of pyridine rings is 1. The van der Waals surface area contributed by atoms with Gasteiger partial charge in [0.05, 0.1) is 18.3 Å². The van der Waals surface area contributed by atoms with E-state index in [-0.39, 0.29) is 23.8 Å². The number of carbonyl (C=O) groups is 1. The third kappa shape index (κ3) is 2.45. The van der Waals surface area contributed by atoms with Gasteiger partial charge >= 0.3 is 0 Å². The number of hydrogen-bond donors (Lipinski definition) is 2. The summed E-state index contributed by atoms with van der Waals surface area (Å²) < 4.78 is 1.83. The predicted octanol–water partition coefficient (Wildman–Crippen LogP) is 0.329. The highest BCUT2D eigenvalue weighted by molar-refractivity contribution is 5.96. The molecule has 1 amide bonds. The van der Waals surface area contributed by atoms with Gasteiger partial charge in [-0.2, -0.15) is 0 Å². The van der Waals surface area contributed by atoms with Crippen LogP contribution in [0.4, 0.5) is 0 Å². The predicted molar refractivity (Wildman–Crippen MR) is 62.8 cm³/mol. The summed E-state index contributed by atoms with van der Waals surface area (Å²) in [6.45, 7) is 2.95. The second kappa shape index (κ2) is 5.26. The average molecular weight is 247 g/mol. The lowest BCUT2D eigenvalue weighted by Gasteiger charge is -2.06. The SMILES string of the molecule is CCn1cnnc1CNC(=O)c1ccncc1O. The second-order valence-corrected chi connectivity index (χ2v) is 3.61. The highest BCUT2D eigenvalue weighted by atomic mass is 16.3. The topological polar surface area (TPSA) is 92.9 Å². The van der Waals surface area contributed by atoms with Crippen LogP contribution in [0.5, 0.6) is 5.75 Å². The molecule has 0 spiro atoms. The monoisotopic (exact) mass is 247 g/mol. The van der Waals surface area contributed by atoms with Crippen LogP contribution in [-0.4, -0.2) is 30.8 Å². The molecule has 2 heterocycles. The van der Waals surface area contributed by atoms with Crippen molar-refractivity contribution in [3.8, 4) is 5.75 Å². The smallest absolute Gasteiger partial charge is 0.255 e. The molecular formula is C11H13N5O2. The minimum Gasteiger partial charge on any atom is -0.505 e. The highest BCUT2D eigenvalue weighted by Crippen LogP contribution is 2.13. The molecule has 0 aliphatic carbocycles. The molecule has 0 saturated carbocycles. The van der Waals surface area contributed by atoms with Gasteiger partial charge in [-0.15, -0.1) is 10.2 Å². The average Bonchev–Trinajstić information content (AvgIpc) is 2.84. The van der Waals surface area contributed by atoms with Crippen molar-refractivity contribution in [1.29, 1.82) is 0 Å². The van der Waals surface area contributed by atoms with E-state index >= 15 is 0 Å². The van der Waals surface area contributed by atoms with Crippen LogP contribution in [0.1, 0.15) is 23.1 Å². The number of nitrogens with one attached hydrogen (secondary N) is 1. The molecule has 0 unspecified atom stereocenters. The quantitative estimate of drug-likeness (QED) is 0.812. The normalized spacial score (nSPS) is 10.3. The van der Waals surface area contributed by atoms with Crippen LogP contribution >= 0.6 is 0 Å². The van der Waals surface area contributed by atoms with Gasteiger partial charge in [-0.25, -0.2) is 0 Å². The van der Waals surface area contributed by atoms with Crippen molar-refractivity contribution in [2.24, 2.45) is 0 Å². The van der Waals surface area contributed by atoms with Crippen molar-refractivity contribution < 1.29 is 9.90 Å². The molecule has 2 rings (SSSR count). The van der Waals surface area contributed by atoms with Gasteiger partial charge in [0.1, 0.15) is 12.1 Å². The van der Waals surface area contributed by atoms with Crippen LogP contribution in [0.2, 0.25) is 0 Å². The molecule has 0 saturated heterocycles. The van der Waals surface area contributed by atoms with Gasteiger partial charge in [0, 0.05) is 12.7 Å². The summed E-state index contributed by atoms with van der Waals surface area (Å²) in [4.78, 5) is 15.5. The lowest BCUT2D eigenvalue weighted by molar-refractivity contribution is 0.0946. The van der Waals surface area contributed by atoms with E-state index in [1.54, 1.807) is 6.33 Å². The molecule has 7 nitrogen and oxygen atoms in total. The van der Waals surface area contributed by atoms with E-state index in [4.69, 9.17) is 0 Å². The van der Waals surface area contributed by atoms with E-state index in [0.717, 1.165) is 6.54 Å². The summed E-state index contributed by atoms with van der Waals surface area (Å²) >= 11 is 0. The van der Waals surface area contributed by atoms with Crippen molar-refractivity contribution >= 4 is 5.91 Å². The van der Waals surface area contributed by atoms with Gasteiger partial charge in [0.25, 0.3) is 5.91 Å². The number of hydrogen-bond acceptors (Lipinski definition) is 5. The molecule has 2 aromatic rings. The van der Waals surface area contributed by atoms with Crippen LogP contribution in [0.25, 0.3) is 0 Å². The standard InChI is InChI=1S/C11H13N5O2/c1-2-16-7-14-15-10(16)6-13-11(18)8-3-4-12-5-9(8)17/h3-5,7,17H,2,6H2,1H3,(H,13,18). The maximum absolute atomic E-state index is 11.8. The summed E-state index contributed by atoms with van der Waals surface area (Å²) in [5, 5.41) is 19.8. The Morgan fingerprint density at radius 1 is 1.56 bits per heavy atom. The summed E-state index contributed by atoms with van der Waals surface area (Å²) in [5.41, 5.74) is 0.188. The van der Waals surface area contributed by atoms with Gasteiger partial charge in [0.2, 0.25) is 0 Å². The first kappa shape index (κ1) is 12.0. The fourth-order valence-electron chi connectivity index (χ4n) is 1.51. The van der Waals surface area contributed by atoms with Crippen molar-refractivity contribution in [3.63, 3.8) is 0 Å². The number of aryl methyl sites for hydroxylation is 1. The van der Waals surface area contributed by atoms with E-state index in [2.05, 4.69) is 20.5 Å². The molecule has 0 radical (unpaired) electrons. The molecule has 2 N–H and O–H groups in total. The minimum atomic E-state index is -0.374. The number of amides is 1. The summed E-state index contributed by atoms with van der Waals surface area (Å²) in [5.74, 6) is 0.145. The Bertz CT molecular complexity index is 552. The van der Waals surface area contributed by atoms with Crippen molar-refractivity contribution in [2.45, 2.75) is 20.0 Å². The molecule has 0 aromatic carbocycles. The zero-order valence-corrected chi connectivity index (χ0v) is 9.87. The van der Waals surface area contributed by atoms with Crippen LogP contribution < -0.4 is 5.32 Å². The van der Waals surface area contributed by atoms with Crippen molar-refractivity contribution in [2.75, 3.05) is 0 Å². The van der Waals surface area contributed by atoms with Crippen LogP contribution in [0, 0.1) is 0 Å². The van der Waals surface area contributed by atoms with Gasteiger partial charge in [-0.05, 0) is 13.0 Å². The Labute approximate surface area is 104 Å². The number of nitrogens with zero attached hydrogens (tertiary/aromatic N) is 4. The number of aromatic hydroxyl groups is 1. The molecule has 0 aliphatic heterocycles. The fraction of sp³-hybridized carbons (Fsp3) is 0.273. The largest absolute Gasteiger partial charge is 0.505 e. The van der Waals surface area contributed by atoms with Crippen molar-refractivity contribution in [3.05, 3.63) is 36.2 Å². The highest BCUT2D eigenvalue weighted by Gasteiger charge is 2.11. The molecule has 0 aliphatic rings. The maximum atomic E-state index is 11.8. The van der Waals surface area contributed by atoms with E-state index in [0.29, 0.717) is 5.82 Å². The molecule has 94 valence electrons. The Morgan fingerprint density at radius 3 is 3.11 bits per heavy atom. The Hall–Kier alpha value is -2.44. The molecule has 0 fully saturated rings. The Morgan fingerprint density at radius 2 is 2.39 bits per heavy atom. The van der Waals surface area contributed by atoms with E-state index in [1.165, 1.54) is 18.5 Å². The number of carbonyl (C=O) groups excluding carboxylic acids is 1. The number of aromatic nitrogens is 4. The molecular weight excluding hydrogens is 234 g/mol. The summed E-state index contributed by atoms with van der Waals surface area (Å²) in [6.07, 6.45) is 4.28. The first-order valence-electron chi connectivity index (χ1n) is 5.50. The lowest BCUT2D eigenvalue weighted by Crippen LogP contribution is -2.24. The van der Waals surface area contributed by atoms with E-state index in [1.807, 2.05) is 11.5 Å². The molecule has 7 heteroatoms. The first-order valence-corrected chi connectivity index (χ1v) is 5.50. The molecule has 2 aromatic heterocycles. The second-order valence-electron chi connectivity index (χ2n) is 3.61. The third-order valence-corrected chi connectivity index (χ3v) is 2.49. The van der Waals surface area contributed by atoms with E-state index in [9.17, 15) is 9.90 Å². The van der Waals surface area contributed by atoms with E-state index < -0.39 is 0 Å². The van der Waals surface area contributed by atoms with Crippen LogP contribution in [-0.2, 0) is 13.1 Å². The lowest BCUT2D eigenvalue weighted by atomic mass is 10.2. The Balaban J connectivity index is 2.03. The fourth-order valence-corrected chi connectivity index (χ4v) is 1.51. The zero-order valence-electron chi connectivity index (χ0n) is 9.87. The molecule has 0 bridgehead atoms. The molecule has 0 atom stereocenters.